The number of carbonyl (C=O) groups excluding carboxylic acids is 1. The van der Waals surface area contributed by atoms with Crippen LogP contribution in [0.1, 0.15) is 136 Å². The van der Waals surface area contributed by atoms with E-state index in [9.17, 15) is 15.0 Å². The van der Waals surface area contributed by atoms with Crippen LogP contribution < -0.4 is 5.32 Å². The molecule has 1 amide bonds. The molecule has 0 aromatic heterocycles. The van der Waals surface area contributed by atoms with Crippen LogP contribution in [0.25, 0.3) is 0 Å². The Morgan fingerprint density at radius 3 is 1.77 bits per heavy atom. The molecule has 2 atom stereocenters. The fraction of sp³-hybridized carbons (Fsp3) is 0.889. The third-order valence-corrected chi connectivity index (χ3v) is 6.03. The number of hydrogen-bond acceptors (Lipinski definition) is 3. The first-order valence-electron chi connectivity index (χ1n) is 13.4. The van der Waals surface area contributed by atoms with Crippen LogP contribution in [0.2, 0.25) is 0 Å². The van der Waals surface area contributed by atoms with Crippen LogP contribution in [0.4, 0.5) is 0 Å². The van der Waals surface area contributed by atoms with Crippen LogP contribution in [0, 0.1) is 0 Å². The second-order valence-corrected chi connectivity index (χ2v) is 9.11. The van der Waals surface area contributed by atoms with Gasteiger partial charge in [0, 0.05) is 6.42 Å². The average molecular weight is 440 g/mol. The maximum atomic E-state index is 12.1. The van der Waals surface area contributed by atoms with E-state index in [1.165, 1.54) is 70.6 Å². The largest absolute Gasteiger partial charge is 0.394 e. The maximum Gasteiger partial charge on any atom is 0.220 e. The van der Waals surface area contributed by atoms with E-state index in [1.807, 2.05) is 0 Å². The summed E-state index contributed by atoms with van der Waals surface area (Å²) in [7, 11) is 0. The Balaban J connectivity index is 3.69. The summed E-state index contributed by atoms with van der Waals surface area (Å²) in [5.41, 5.74) is 0. The number of unbranched alkanes of at least 4 members (excludes halogenated alkanes) is 14. The molecule has 0 bridgehead atoms. The summed E-state index contributed by atoms with van der Waals surface area (Å²) >= 11 is 0. The minimum absolute atomic E-state index is 0.0484. The summed E-state index contributed by atoms with van der Waals surface area (Å²) in [4.78, 5) is 12.1. The third kappa shape index (κ3) is 20.8. The molecule has 0 aliphatic carbocycles. The van der Waals surface area contributed by atoms with Gasteiger partial charge in [-0.15, -0.1) is 0 Å². The van der Waals surface area contributed by atoms with E-state index in [1.54, 1.807) is 0 Å². The molecule has 0 unspecified atom stereocenters. The predicted molar refractivity (Wildman–Crippen MR) is 133 cm³/mol. The minimum Gasteiger partial charge on any atom is -0.394 e. The summed E-state index contributed by atoms with van der Waals surface area (Å²) in [6, 6.07) is -0.541. The summed E-state index contributed by atoms with van der Waals surface area (Å²) < 4.78 is 0. The highest BCUT2D eigenvalue weighted by atomic mass is 16.3. The van der Waals surface area contributed by atoms with Gasteiger partial charge < -0.3 is 15.5 Å². The predicted octanol–water partition coefficient (Wildman–Crippen LogP) is 6.83. The van der Waals surface area contributed by atoms with Gasteiger partial charge in [0.15, 0.2) is 0 Å². The molecule has 0 saturated heterocycles. The summed E-state index contributed by atoms with van der Waals surface area (Å²) in [6.07, 6.45) is 25.3. The molecule has 0 aliphatic heterocycles. The van der Waals surface area contributed by atoms with Crippen LogP contribution in [0.5, 0.6) is 0 Å². The maximum absolute atomic E-state index is 12.1. The fourth-order valence-corrected chi connectivity index (χ4v) is 3.88. The molecule has 0 fully saturated rings. The molecule has 4 nitrogen and oxygen atoms in total. The van der Waals surface area contributed by atoms with Gasteiger partial charge in [0.25, 0.3) is 0 Å². The highest BCUT2D eigenvalue weighted by Crippen LogP contribution is 2.12. The number of allylic oxidation sites excluding steroid dienone is 2. The van der Waals surface area contributed by atoms with Crippen LogP contribution in [-0.2, 0) is 4.79 Å². The van der Waals surface area contributed by atoms with Crippen molar-refractivity contribution in [3.8, 4) is 0 Å². The Kier molecular flexibility index (Phi) is 23.1. The minimum atomic E-state index is -0.671. The molecular weight excluding hydrogens is 386 g/mol. The van der Waals surface area contributed by atoms with E-state index in [4.69, 9.17) is 0 Å². The zero-order chi connectivity index (χ0) is 23.0. The van der Waals surface area contributed by atoms with Gasteiger partial charge in [0.2, 0.25) is 5.91 Å². The molecule has 184 valence electrons. The van der Waals surface area contributed by atoms with Crippen molar-refractivity contribution in [2.45, 2.75) is 148 Å². The van der Waals surface area contributed by atoms with Crippen molar-refractivity contribution in [1.82, 2.24) is 5.32 Å². The molecule has 0 saturated carbocycles. The van der Waals surface area contributed by atoms with Gasteiger partial charge in [0.05, 0.1) is 18.8 Å². The Morgan fingerprint density at radius 2 is 1.23 bits per heavy atom. The van der Waals surface area contributed by atoms with Gasteiger partial charge in [-0.1, -0.05) is 103 Å². The van der Waals surface area contributed by atoms with Crippen molar-refractivity contribution in [2.24, 2.45) is 0 Å². The van der Waals surface area contributed by atoms with E-state index in [0.717, 1.165) is 38.5 Å². The number of hydrogen-bond donors (Lipinski definition) is 3. The first kappa shape index (κ1) is 30.1. The molecular formula is C27H53NO3. The number of amides is 1. The molecule has 0 rings (SSSR count). The Bertz CT molecular complexity index is 411. The first-order chi connectivity index (χ1) is 15.2. The first-order valence-corrected chi connectivity index (χ1v) is 13.4. The van der Waals surface area contributed by atoms with E-state index >= 15 is 0 Å². The topological polar surface area (TPSA) is 69.6 Å². The van der Waals surface area contributed by atoms with Gasteiger partial charge in [-0.25, -0.2) is 0 Å². The quantitative estimate of drug-likeness (QED) is 0.121. The highest BCUT2D eigenvalue weighted by molar-refractivity contribution is 5.76. The fourth-order valence-electron chi connectivity index (χ4n) is 3.88. The van der Waals surface area contributed by atoms with E-state index in [-0.39, 0.29) is 12.5 Å². The second kappa shape index (κ2) is 23.8. The van der Waals surface area contributed by atoms with Crippen LogP contribution in [0.3, 0.4) is 0 Å². The van der Waals surface area contributed by atoms with E-state index in [2.05, 4.69) is 31.3 Å². The van der Waals surface area contributed by atoms with Crippen molar-refractivity contribution in [3.05, 3.63) is 12.2 Å². The normalized spacial score (nSPS) is 13.5. The monoisotopic (exact) mass is 439 g/mol. The van der Waals surface area contributed by atoms with Crippen molar-refractivity contribution in [1.29, 1.82) is 0 Å². The van der Waals surface area contributed by atoms with Crippen LogP contribution >= 0.6 is 0 Å². The molecule has 0 heterocycles. The number of aliphatic hydroxyl groups is 2. The number of nitrogens with one attached hydrogen (secondary N) is 1. The van der Waals surface area contributed by atoms with E-state index in [0.29, 0.717) is 12.8 Å². The van der Waals surface area contributed by atoms with Crippen molar-refractivity contribution in [3.63, 3.8) is 0 Å². The SMILES string of the molecule is CCCCC/C=C/CCCC[C@@H](O)[C@H](CO)NC(=O)CCCCCCCCCCCC. The lowest BCUT2D eigenvalue weighted by Crippen LogP contribution is -2.45. The molecule has 0 aromatic carbocycles. The smallest absolute Gasteiger partial charge is 0.220 e. The lowest BCUT2D eigenvalue weighted by atomic mass is 10.0. The van der Waals surface area contributed by atoms with Gasteiger partial charge in [-0.2, -0.15) is 0 Å². The summed E-state index contributed by atoms with van der Waals surface area (Å²) in [5.74, 6) is -0.0484. The third-order valence-electron chi connectivity index (χ3n) is 6.03. The molecule has 31 heavy (non-hydrogen) atoms. The Labute approximate surface area is 193 Å². The Morgan fingerprint density at radius 1 is 0.742 bits per heavy atom. The summed E-state index contributed by atoms with van der Waals surface area (Å²) in [6.45, 7) is 4.26. The van der Waals surface area contributed by atoms with Crippen LogP contribution in [-0.4, -0.2) is 34.9 Å². The molecule has 0 aromatic rings. The second-order valence-electron chi connectivity index (χ2n) is 9.11. The lowest BCUT2D eigenvalue weighted by molar-refractivity contribution is -0.123. The van der Waals surface area contributed by atoms with Gasteiger partial charge in [0.1, 0.15) is 0 Å². The zero-order valence-corrected chi connectivity index (χ0v) is 20.8. The zero-order valence-electron chi connectivity index (χ0n) is 20.8. The molecule has 0 aliphatic rings. The standard InChI is InChI=1S/C27H53NO3/c1-3-5-7-9-11-13-15-17-19-21-23-27(31)28-25(24-29)26(30)22-20-18-16-14-12-10-8-6-4-2/h12,14,25-26,29-30H,3-11,13,15-24H2,1-2H3,(H,28,31)/b14-12+/t25-,26+/m0/s1. The van der Waals surface area contributed by atoms with Gasteiger partial charge in [-0.3, -0.25) is 4.79 Å². The molecule has 0 spiro atoms. The number of aliphatic hydroxyl groups excluding tert-OH is 2. The van der Waals surface area contributed by atoms with Crippen molar-refractivity contribution < 1.29 is 15.0 Å². The van der Waals surface area contributed by atoms with Crippen molar-refractivity contribution in [2.75, 3.05) is 6.61 Å². The number of carbonyl (C=O) groups is 1. The van der Waals surface area contributed by atoms with Crippen molar-refractivity contribution >= 4 is 5.91 Å². The van der Waals surface area contributed by atoms with Crippen LogP contribution in [0.15, 0.2) is 12.2 Å². The molecule has 0 radical (unpaired) electrons. The Hall–Kier alpha value is -0.870. The van der Waals surface area contributed by atoms with Gasteiger partial charge >= 0.3 is 0 Å². The molecule has 3 N–H and O–H groups in total. The van der Waals surface area contributed by atoms with E-state index < -0.39 is 12.1 Å². The van der Waals surface area contributed by atoms with Gasteiger partial charge in [-0.05, 0) is 38.5 Å². The average Bonchev–Trinajstić information content (AvgIpc) is 2.77. The summed E-state index contributed by atoms with van der Waals surface area (Å²) in [5, 5.41) is 22.7. The highest BCUT2D eigenvalue weighted by Gasteiger charge is 2.19. The number of rotatable bonds is 23. The molecule has 4 heteroatoms. The lowest BCUT2D eigenvalue weighted by Gasteiger charge is -2.22.